The lowest BCUT2D eigenvalue weighted by Gasteiger charge is -2.41. The maximum Gasteiger partial charge on any atom is 0.317 e. The summed E-state index contributed by atoms with van der Waals surface area (Å²) in [6.07, 6.45) is 3.78. The number of likely N-dealkylation sites (N-methyl/N-ethyl adjacent to an activating group) is 1. The van der Waals surface area contributed by atoms with Gasteiger partial charge in [0, 0.05) is 31.6 Å². The number of nitrogens with one attached hydrogen (secondary N) is 4. The Morgan fingerprint density at radius 1 is 0.972 bits per heavy atom. The van der Waals surface area contributed by atoms with E-state index in [0.29, 0.717) is 25.8 Å². The van der Waals surface area contributed by atoms with Crippen LogP contribution in [0.2, 0.25) is 0 Å². The van der Waals surface area contributed by atoms with Crippen LogP contribution in [-0.2, 0) is 14.4 Å². The Hall–Kier alpha value is -3.14. The molecule has 10 nitrogen and oxygen atoms in total. The number of amides is 5. The van der Waals surface area contributed by atoms with Gasteiger partial charge in [-0.25, -0.2) is 4.79 Å². The van der Waals surface area contributed by atoms with Gasteiger partial charge in [-0.3, -0.25) is 14.4 Å². The normalized spacial score (nSPS) is 28.8. The molecule has 3 fully saturated rings. The number of urea groups is 1. The van der Waals surface area contributed by atoms with Gasteiger partial charge in [0.15, 0.2) is 0 Å². The van der Waals surface area contributed by atoms with E-state index < -0.39 is 18.1 Å². The summed E-state index contributed by atoms with van der Waals surface area (Å²) in [6.45, 7) is 2.20. The predicted octanol–water partition coefficient (Wildman–Crippen LogP) is 0.546. The van der Waals surface area contributed by atoms with Gasteiger partial charge in [0.05, 0.1) is 12.6 Å². The molecule has 1 aliphatic carbocycles. The SMILES string of the molecule is CNC(=O)N1CC[C@H]2CC[C@@H](C(=O)N[C@H]3CC[C@@H]3c3ccccc3)N2C(=O)[C@@H](NC(=O)C(C)NC)C1. The van der Waals surface area contributed by atoms with Gasteiger partial charge in [-0.15, -0.1) is 0 Å². The number of benzene rings is 1. The van der Waals surface area contributed by atoms with Crippen molar-refractivity contribution in [3.63, 3.8) is 0 Å². The van der Waals surface area contributed by atoms with Crippen molar-refractivity contribution in [1.82, 2.24) is 31.1 Å². The second-order valence-electron chi connectivity index (χ2n) is 10.1. The first kappa shape index (κ1) is 25.9. The smallest absolute Gasteiger partial charge is 0.317 e. The quantitative estimate of drug-likeness (QED) is 0.456. The number of carbonyl (C=O) groups is 4. The minimum Gasteiger partial charge on any atom is -0.351 e. The molecule has 4 rings (SSSR count). The monoisotopic (exact) mass is 498 g/mol. The average molecular weight is 499 g/mol. The largest absolute Gasteiger partial charge is 0.351 e. The van der Waals surface area contributed by atoms with Crippen LogP contribution in [0.25, 0.3) is 0 Å². The zero-order valence-corrected chi connectivity index (χ0v) is 21.3. The summed E-state index contributed by atoms with van der Waals surface area (Å²) < 4.78 is 0. The number of rotatable bonds is 6. The van der Waals surface area contributed by atoms with Crippen LogP contribution in [0.3, 0.4) is 0 Å². The minimum atomic E-state index is -0.928. The fourth-order valence-corrected chi connectivity index (χ4v) is 5.56. The van der Waals surface area contributed by atoms with E-state index in [-0.39, 0.29) is 48.3 Å². The average Bonchev–Trinajstić information content (AvgIpc) is 3.30. The summed E-state index contributed by atoms with van der Waals surface area (Å²) in [5.74, 6) is -0.484. The summed E-state index contributed by atoms with van der Waals surface area (Å²) in [7, 11) is 3.21. The molecule has 0 aromatic heterocycles. The Kier molecular flexibility index (Phi) is 8.13. The fourth-order valence-electron chi connectivity index (χ4n) is 5.56. The molecular weight excluding hydrogens is 460 g/mol. The molecule has 3 aliphatic rings. The number of carbonyl (C=O) groups excluding carboxylic acids is 4. The molecule has 196 valence electrons. The van der Waals surface area contributed by atoms with E-state index in [9.17, 15) is 19.2 Å². The number of fused-ring (bicyclic) bond motifs is 1. The minimum absolute atomic E-state index is 0.0525. The number of nitrogens with zero attached hydrogens (tertiary/aromatic N) is 2. The van der Waals surface area contributed by atoms with E-state index in [0.717, 1.165) is 12.8 Å². The molecule has 10 heteroatoms. The van der Waals surface area contributed by atoms with Gasteiger partial charge in [-0.05, 0) is 51.6 Å². The van der Waals surface area contributed by atoms with Crippen molar-refractivity contribution >= 4 is 23.8 Å². The standard InChI is InChI=1S/C26H38N6O4/c1-16(27-2)23(33)30-21-15-31(26(36)28-3)14-13-18-9-12-22(32(18)25(21)35)24(34)29-20-11-10-19(20)17-7-5-4-6-8-17/h4-8,16,18-22,27H,9-15H2,1-3H3,(H,28,36)(H,29,34)(H,30,33)/t16?,18-,19-,20+,21+,22+/m1/s1. The molecule has 1 aromatic rings. The second kappa shape index (κ2) is 11.3. The lowest BCUT2D eigenvalue weighted by atomic mass is 9.75. The van der Waals surface area contributed by atoms with Crippen molar-refractivity contribution in [3.05, 3.63) is 35.9 Å². The summed E-state index contributed by atoms with van der Waals surface area (Å²) in [5, 5.41) is 11.5. The molecule has 36 heavy (non-hydrogen) atoms. The molecule has 1 unspecified atom stereocenters. The maximum atomic E-state index is 13.8. The van der Waals surface area contributed by atoms with Crippen LogP contribution in [0.1, 0.15) is 50.5 Å². The molecule has 6 atom stereocenters. The first-order chi connectivity index (χ1) is 17.3. The van der Waals surface area contributed by atoms with Crippen LogP contribution in [0, 0.1) is 0 Å². The topological polar surface area (TPSA) is 123 Å². The van der Waals surface area contributed by atoms with Crippen molar-refractivity contribution < 1.29 is 19.2 Å². The van der Waals surface area contributed by atoms with Crippen LogP contribution < -0.4 is 21.3 Å². The van der Waals surface area contributed by atoms with Crippen LogP contribution in [-0.4, -0.2) is 90.9 Å². The van der Waals surface area contributed by atoms with E-state index in [2.05, 4.69) is 33.4 Å². The van der Waals surface area contributed by atoms with Crippen LogP contribution in [0.4, 0.5) is 4.79 Å². The van der Waals surface area contributed by atoms with Gasteiger partial charge in [-0.2, -0.15) is 0 Å². The Morgan fingerprint density at radius 2 is 1.72 bits per heavy atom. The van der Waals surface area contributed by atoms with Gasteiger partial charge in [0.1, 0.15) is 12.1 Å². The summed E-state index contributed by atoms with van der Waals surface area (Å²) >= 11 is 0. The van der Waals surface area contributed by atoms with Gasteiger partial charge >= 0.3 is 6.03 Å². The lowest BCUT2D eigenvalue weighted by molar-refractivity contribution is -0.145. The van der Waals surface area contributed by atoms with Crippen molar-refractivity contribution in [1.29, 1.82) is 0 Å². The summed E-state index contributed by atoms with van der Waals surface area (Å²) in [5.41, 5.74) is 1.22. The number of hydrogen-bond acceptors (Lipinski definition) is 5. The van der Waals surface area contributed by atoms with Crippen LogP contribution >= 0.6 is 0 Å². The van der Waals surface area contributed by atoms with Crippen LogP contribution in [0.15, 0.2) is 30.3 Å². The highest BCUT2D eigenvalue weighted by atomic mass is 16.2. The molecule has 4 N–H and O–H groups in total. The van der Waals surface area contributed by atoms with Crippen molar-refractivity contribution in [2.75, 3.05) is 27.2 Å². The van der Waals surface area contributed by atoms with Crippen molar-refractivity contribution in [2.24, 2.45) is 0 Å². The zero-order valence-electron chi connectivity index (χ0n) is 21.3. The number of hydrogen-bond donors (Lipinski definition) is 4. The highest BCUT2D eigenvalue weighted by molar-refractivity contribution is 5.94. The Bertz CT molecular complexity index is 972. The lowest BCUT2D eigenvalue weighted by Crippen LogP contribution is -2.63. The third-order valence-electron chi connectivity index (χ3n) is 7.97. The predicted molar refractivity (Wildman–Crippen MR) is 135 cm³/mol. The third-order valence-corrected chi connectivity index (χ3v) is 7.97. The van der Waals surface area contributed by atoms with Crippen molar-refractivity contribution in [2.45, 2.75) is 75.2 Å². The molecule has 1 aromatic carbocycles. The third kappa shape index (κ3) is 5.33. The molecule has 2 saturated heterocycles. The molecular formula is C26H38N6O4. The zero-order chi connectivity index (χ0) is 25.8. The van der Waals surface area contributed by atoms with E-state index in [1.165, 1.54) is 5.56 Å². The van der Waals surface area contributed by atoms with E-state index >= 15 is 0 Å². The van der Waals surface area contributed by atoms with Gasteiger partial charge in [0.2, 0.25) is 17.7 Å². The molecule has 0 bridgehead atoms. The van der Waals surface area contributed by atoms with Crippen molar-refractivity contribution in [3.8, 4) is 0 Å². The second-order valence-corrected chi connectivity index (χ2v) is 10.1. The van der Waals surface area contributed by atoms with Gasteiger partial charge < -0.3 is 31.1 Å². The van der Waals surface area contributed by atoms with E-state index in [1.807, 2.05) is 18.2 Å². The highest BCUT2D eigenvalue weighted by Crippen LogP contribution is 2.37. The van der Waals surface area contributed by atoms with Crippen LogP contribution in [0.5, 0.6) is 0 Å². The first-order valence-electron chi connectivity index (χ1n) is 13.0. The maximum absolute atomic E-state index is 13.8. The van der Waals surface area contributed by atoms with Gasteiger partial charge in [-0.1, -0.05) is 30.3 Å². The van der Waals surface area contributed by atoms with Gasteiger partial charge in [0.25, 0.3) is 0 Å². The molecule has 5 amide bonds. The fraction of sp³-hybridized carbons (Fsp3) is 0.615. The first-order valence-corrected chi connectivity index (χ1v) is 13.0. The molecule has 2 aliphatic heterocycles. The Balaban J connectivity index is 1.50. The molecule has 1 saturated carbocycles. The molecule has 0 spiro atoms. The summed E-state index contributed by atoms with van der Waals surface area (Å²) in [6, 6.07) is 7.79. The molecule has 0 radical (unpaired) electrons. The Labute approximate surface area is 212 Å². The Morgan fingerprint density at radius 3 is 2.36 bits per heavy atom. The summed E-state index contributed by atoms with van der Waals surface area (Å²) in [4.78, 5) is 55.6. The van der Waals surface area contributed by atoms with E-state index in [4.69, 9.17) is 0 Å². The molecule has 2 heterocycles. The highest BCUT2D eigenvalue weighted by Gasteiger charge is 2.46. The van der Waals surface area contributed by atoms with E-state index in [1.54, 1.807) is 30.8 Å².